The Balaban J connectivity index is 1.30. The van der Waals surface area contributed by atoms with E-state index in [9.17, 15) is 4.79 Å². The highest BCUT2D eigenvalue weighted by atomic mass is 35.5. The average molecular weight is 513 g/mol. The molecule has 7 heteroatoms. The molecule has 1 amide bonds. The maximum atomic E-state index is 13.0. The predicted molar refractivity (Wildman–Crippen MR) is 141 cm³/mol. The van der Waals surface area contributed by atoms with Crippen LogP contribution in [0.2, 0.25) is 10.0 Å². The number of nitrogens with zero attached hydrogens (tertiary/aromatic N) is 1. The average Bonchev–Trinajstić information content (AvgIpc) is 2.87. The second-order valence-electron chi connectivity index (χ2n) is 8.71. The summed E-state index contributed by atoms with van der Waals surface area (Å²) >= 11 is 12.2. The molecule has 0 radical (unpaired) electrons. The maximum absolute atomic E-state index is 13.0. The summed E-state index contributed by atoms with van der Waals surface area (Å²) in [6, 6.07) is 21.3. The van der Waals surface area contributed by atoms with Crippen LogP contribution in [0.4, 0.5) is 0 Å². The van der Waals surface area contributed by atoms with Gasteiger partial charge in [-0.05, 0) is 54.3 Å². The molecule has 1 N–H and O–H groups in total. The Hall–Kier alpha value is -2.73. The first kappa shape index (κ1) is 25.4. The van der Waals surface area contributed by atoms with Gasteiger partial charge in [0.15, 0.2) is 11.5 Å². The highest BCUT2D eigenvalue weighted by Crippen LogP contribution is 2.29. The zero-order valence-corrected chi connectivity index (χ0v) is 21.3. The lowest BCUT2D eigenvalue weighted by atomic mass is 10.0. The summed E-state index contributed by atoms with van der Waals surface area (Å²) in [6.45, 7) is 3.26. The van der Waals surface area contributed by atoms with Crippen molar-refractivity contribution in [1.82, 2.24) is 10.2 Å². The van der Waals surface area contributed by atoms with Gasteiger partial charge in [-0.25, -0.2) is 0 Å². The number of hydrogen-bond acceptors (Lipinski definition) is 4. The number of carbonyl (C=O) groups is 1. The van der Waals surface area contributed by atoms with Gasteiger partial charge in [-0.15, -0.1) is 0 Å². The van der Waals surface area contributed by atoms with E-state index in [2.05, 4.69) is 34.5 Å². The number of methoxy groups -OCH3 is 1. The van der Waals surface area contributed by atoms with Crippen molar-refractivity contribution in [2.45, 2.75) is 31.8 Å². The zero-order valence-electron chi connectivity index (χ0n) is 19.8. The third-order valence-corrected chi connectivity index (χ3v) is 6.83. The van der Waals surface area contributed by atoms with Crippen LogP contribution in [0.25, 0.3) is 0 Å². The van der Waals surface area contributed by atoms with Crippen LogP contribution in [0.1, 0.15) is 34.3 Å². The molecule has 5 nitrogen and oxygen atoms in total. The summed E-state index contributed by atoms with van der Waals surface area (Å²) in [6.07, 6.45) is 2.47. The van der Waals surface area contributed by atoms with E-state index in [1.165, 1.54) is 5.56 Å². The number of likely N-dealkylation sites (tertiary alicyclic amines) is 1. The van der Waals surface area contributed by atoms with Crippen molar-refractivity contribution < 1.29 is 14.3 Å². The van der Waals surface area contributed by atoms with Crippen molar-refractivity contribution >= 4 is 29.1 Å². The van der Waals surface area contributed by atoms with E-state index in [-0.39, 0.29) is 11.9 Å². The van der Waals surface area contributed by atoms with Gasteiger partial charge in [0.2, 0.25) is 0 Å². The normalized spacial score (nSPS) is 14.5. The first-order valence-electron chi connectivity index (χ1n) is 11.8. The third kappa shape index (κ3) is 7.14. The molecule has 35 heavy (non-hydrogen) atoms. The van der Waals surface area contributed by atoms with Crippen molar-refractivity contribution in [1.29, 1.82) is 0 Å². The Morgan fingerprint density at radius 2 is 1.77 bits per heavy atom. The number of nitrogens with one attached hydrogen (secondary N) is 1. The molecule has 0 aliphatic carbocycles. The molecule has 0 spiro atoms. The van der Waals surface area contributed by atoms with Crippen LogP contribution in [-0.2, 0) is 13.0 Å². The van der Waals surface area contributed by atoms with Gasteiger partial charge in [0.25, 0.3) is 5.91 Å². The molecule has 0 atom stereocenters. The molecular weight excluding hydrogens is 483 g/mol. The molecule has 184 valence electrons. The lowest BCUT2D eigenvalue weighted by molar-refractivity contribution is 0.0908. The van der Waals surface area contributed by atoms with Crippen LogP contribution in [0.5, 0.6) is 11.5 Å². The van der Waals surface area contributed by atoms with E-state index in [1.54, 1.807) is 37.4 Å². The highest BCUT2D eigenvalue weighted by molar-refractivity contribution is 6.35. The second-order valence-corrected chi connectivity index (χ2v) is 9.55. The lowest BCUT2D eigenvalue weighted by Crippen LogP contribution is -2.44. The molecule has 4 rings (SSSR count). The van der Waals surface area contributed by atoms with Crippen molar-refractivity contribution in [3.8, 4) is 11.5 Å². The van der Waals surface area contributed by atoms with Crippen LogP contribution >= 0.6 is 23.2 Å². The van der Waals surface area contributed by atoms with E-state index in [0.717, 1.165) is 38.0 Å². The molecule has 0 bridgehead atoms. The minimum Gasteiger partial charge on any atom is -0.493 e. The molecule has 0 saturated carbocycles. The number of amides is 1. The minimum absolute atomic E-state index is 0.0974. The Morgan fingerprint density at radius 1 is 1.00 bits per heavy atom. The second kappa shape index (κ2) is 12.3. The Kier molecular flexibility index (Phi) is 8.91. The fourth-order valence-corrected chi connectivity index (χ4v) is 4.77. The molecule has 3 aromatic rings. The van der Waals surface area contributed by atoms with Crippen molar-refractivity contribution in [2.75, 3.05) is 26.8 Å². The van der Waals surface area contributed by atoms with E-state index in [0.29, 0.717) is 40.1 Å². The molecule has 3 aromatic carbocycles. The van der Waals surface area contributed by atoms with E-state index in [1.807, 2.05) is 12.1 Å². The predicted octanol–water partition coefficient (Wildman–Crippen LogP) is 6.02. The number of ether oxygens (including phenoxy) is 2. The fourth-order valence-electron chi connectivity index (χ4n) is 4.27. The summed E-state index contributed by atoms with van der Waals surface area (Å²) in [5.41, 5.74) is 2.82. The largest absolute Gasteiger partial charge is 0.493 e. The Labute approximate surface area is 216 Å². The quantitative estimate of drug-likeness (QED) is 0.380. The topological polar surface area (TPSA) is 50.8 Å². The number of benzene rings is 3. The minimum atomic E-state index is -0.0974. The first-order valence-corrected chi connectivity index (χ1v) is 12.6. The summed E-state index contributed by atoms with van der Waals surface area (Å²) in [5.74, 6) is 1.01. The van der Waals surface area contributed by atoms with Gasteiger partial charge < -0.3 is 14.8 Å². The van der Waals surface area contributed by atoms with Crippen LogP contribution < -0.4 is 14.8 Å². The van der Waals surface area contributed by atoms with Crippen molar-refractivity contribution in [3.63, 3.8) is 0 Å². The number of carbonyl (C=O) groups excluding carboxylic acids is 1. The zero-order chi connectivity index (χ0) is 24.6. The van der Waals surface area contributed by atoms with E-state index in [4.69, 9.17) is 32.7 Å². The number of halogens is 2. The Bertz CT molecular complexity index is 1130. The third-order valence-electron chi connectivity index (χ3n) is 6.24. The fraction of sp³-hybridized carbons (Fsp3) is 0.321. The van der Waals surface area contributed by atoms with E-state index >= 15 is 0 Å². The molecule has 0 aromatic heterocycles. The highest BCUT2D eigenvalue weighted by Gasteiger charge is 2.22. The first-order chi connectivity index (χ1) is 17.0. The van der Waals surface area contributed by atoms with Crippen LogP contribution in [0.15, 0.2) is 66.7 Å². The van der Waals surface area contributed by atoms with Crippen LogP contribution in [-0.4, -0.2) is 43.7 Å². The SMILES string of the molecule is COc1ccc(C(=O)NC2CCN(Cc3ccccc3)CC2)cc1OCCc1ccc(Cl)cc1Cl. The molecular formula is C28H30Cl2N2O3. The summed E-state index contributed by atoms with van der Waals surface area (Å²) in [5, 5.41) is 4.39. The standard InChI is InChI=1S/C28H30Cl2N2O3/c1-34-26-10-8-22(17-27(26)35-16-13-21-7-9-23(29)18-25(21)30)28(33)31-24-11-14-32(15-12-24)19-20-5-3-2-4-6-20/h2-10,17-18,24H,11-16,19H2,1H3,(H,31,33). The maximum Gasteiger partial charge on any atom is 0.251 e. The lowest BCUT2D eigenvalue weighted by Gasteiger charge is -2.32. The monoisotopic (exact) mass is 512 g/mol. The molecule has 1 saturated heterocycles. The van der Waals surface area contributed by atoms with Gasteiger partial charge in [-0.2, -0.15) is 0 Å². The van der Waals surface area contributed by atoms with E-state index < -0.39 is 0 Å². The smallest absolute Gasteiger partial charge is 0.251 e. The van der Waals surface area contributed by atoms with Gasteiger partial charge in [0, 0.05) is 47.7 Å². The Morgan fingerprint density at radius 3 is 2.49 bits per heavy atom. The summed E-state index contributed by atoms with van der Waals surface area (Å²) in [7, 11) is 1.58. The van der Waals surface area contributed by atoms with Crippen LogP contribution in [0, 0.1) is 0 Å². The molecule has 0 unspecified atom stereocenters. The molecule has 1 heterocycles. The summed E-state index contributed by atoms with van der Waals surface area (Å²) < 4.78 is 11.4. The van der Waals surface area contributed by atoms with Gasteiger partial charge in [0.1, 0.15) is 0 Å². The summed E-state index contributed by atoms with van der Waals surface area (Å²) in [4.78, 5) is 15.4. The van der Waals surface area contributed by atoms with Gasteiger partial charge in [-0.3, -0.25) is 9.69 Å². The number of piperidine rings is 1. The van der Waals surface area contributed by atoms with Crippen molar-refractivity contribution in [3.05, 3.63) is 93.5 Å². The van der Waals surface area contributed by atoms with Gasteiger partial charge in [-0.1, -0.05) is 59.6 Å². The van der Waals surface area contributed by atoms with Gasteiger partial charge >= 0.3 is 0 Å². The number of rotatable bonds is 9. The van der Waals surface area contributed by atoms with Gasteiger partial charge in [0.05, 0.1) is 13.7 Å². The molecule has 1 aliphatic rings. The van der Waals surface area contributed by atoms with Crippen molar-refractivity contribution in [2.24, 2.45) is 0 Å². The van der Waals surface area contributed by atoms with Crippen LogP contribution in [0.3, 0.4) is 0 Å². The molecule has 1 fully saturated rings. The number of hydrogen-bond donors (Lipinski definition) is 1. The molecule has 1 aliphatic heterocycles.